The Morgan fingerprint density at radius 2 is 1.75 bits per heavy atom. The lowest BCUT2D eigenvalue weighted by molar-refractivity contribution is -0.0242. The van der Waals surface area contributed by atoms with Crippen LogP contribution in [0.3, 0.4) is 0 Å². The van der Waals surface area contributed by atoms with Crippen LogP contribution in [0.4, 0.5) is 0 Å². The molecule has 4 aromatic rings. The number of aliphatic hydroxyl groups is 1. The van der Waals surface area contributed by atoms with Crippen molar-refractivity contribution in [2.45, 2.75) is 43.5 Å². The molecule has 1 fully saturated rings. The van der Waals surface area contributed by atoms with E-state index in [0.717, 1.165) is 27.1 Å². The highest BCUT2D eigenvalue weighted by Gasteiger charge is 2.37. The lowest BCUT2D eigenvalue weighted by atomic mass is 9.92. The van der Waals surface area contributed by atoms with E-state index in [1.54, 1.807) is 6.92 Å². The molecule has 1 saturated heterocycles. The molecule has 2 heterocycles. The van der Waals surface area contributed by atoms with Crippen LogP contribution >= 0.6 is 12.6 Å². The van der Waals surface area contributed by atoms with Gasteiger partial charge in [-0.3, -0.25) is 14.3 Å². The number of aromatic amines is 1. The van der Waals surface area contributed by atoms with Crippen molar-refractivity contribution in [3.05, 3.63) is 92.8 Å². The van der Waals surface area contributed by atoms with E-state index in [4.69, 9.17) is 17.4 Å². The summed E-state index contributed by atoms with van der Waals surface area (Å²) in [7, 11) is 0. The van der Waals surface area contributed by atoms with Gasteiger partial charge in [-0.15, -0.1) is 0 Å². The zero-order valence-electron chi connectivity index (χ0n) is 17.6. The van der Waals surface area contributed by atoms with Crippen LogP contribution in [0.1, 0.15) is 35.4 Å². The molecule has 3 aromatic carbocycles. The molecular formula is C25H24N2O4S. The molecule has 0 amide bonds. The van der Waals surface area contributed by atoms with Crippen LogP contribution in [-0.4, -0.2) is 26.9 Å². The number of fused-ring (bicyclic) bond motifs is 2. The summed E-state index contributed by atoms with van der Waals surface area (Å²) in [6, 6.07) is 18.6. The maximum atomic E-state index is 12.3. The second-order valence-corrected chi connectivity index (χ2v) is 9.02. The minimum Gasteiger partial charge on any atom is -0.390 e. The monoisotopic (exact) mass is 448 g/mol. The molecule has 0 aliphatic carbocycles. The Labute approximate surface area is 189 Å². The predicted octanol–water partition coefficient (Wildman–Crippen LogP) is 3.86. The third-order valence-electron chi connectivity index (χ3n) is 6.26. The average molecular weight is 449 g/mol. The number of hydrogen-bond acceptors (Lipinski definition) is 5. The molecule has 32 heavy (non-hydrogen) atoms. The molecule has 0 saturated carbocycles. The number of benzene rings is 3. The number of H-pyrrole nitrogens is 1. The molecule has 0 radical (unpaired) electrons. The van der Waals surface area contributed by atoms with E-state index in [2.05, 4.69) is 35.3 Å². The maximum Gasteiger partial charge on any atom is 0.330 e. The number of hydrogen-bond donors (Lipinski definition) is 3. The highest BCUT2D eigenvalue weighted by atomic mass is 32.1. The van der Waals surface area contributed by atoms with Gasteiger partial charge in [0.05, 0.1) is 12.2 Å². The van der Waals surface area contributed by atoms with Gasteiger partial charge in [-0.1, -0.05) is 48.5 Å². The summed E-state index contributed by atoms with van der Waals surface area (Å²) in [4.78, 5) is 26.2. The summed E-state index contributed by atoms with van der Waals surface area (Å²) >= 11 is 4.95. The molecule has 4 atom stereocenters. The first kappa shape index (κ1) is 21.0. The van der Waals surface area contributed by atoms with E-state index < -0.39 is 29.7 Å². The summed E-state index contributed by atoms with van der Waals surface area (Å²) in [5, 5.41) is 15.1. The number of ether oxygens (including phenoxy) is 1. The number of nitrogens with zero attached hydrogens (tertiary/aromatic N) is 1. The molecule has 2 unspecified atom stereocenters. The van der Waals surface area contributed by atoms with Gasteiger partial charge in [-0.2, -0.15) is 12.6 Å². The summed E-state index contributed by atoms with van der Waals surface area (Å²) in [6.07, 6.45) is 0.372. The van der Waals surface area contributed by atoms with Crippen LogP contribution in [0.5, 0.6) is 0 Å². The van der Waals surface area contributed by atoms with Crippen LogP contribution in [0.25, 0.3) is 21.5 Å². The first-order chi connectivity index (χ1) is 15.4. The lowest BCUT2D eigenvalue weighted by Crippen LogP contribution is -2.33. The molecule has 1 aromatic heterocycles. The normalized spacial score (nSPS) is 21.9. The third-order valence-corrected chi connectivity index (χ3v) is 6.73. The predicted molar refractivity (Wildman–Crippen MR) is 128 cm³/mol. The van der Waals surface area contributed by atoms with E-state index in [0.29, 0.717) is 12.0 Å². The van der Waals surface area contributed by atoms with Crippen molar-refractivity contribution < 1.29 is 9.84 Å². The Morgan fingerprint density at radius 3 is 2.41 bits per heavy atom. The van der Waals surface area contributed by atoms with Crippen molar-refractivity contribution in [1.82, 2.24) is 9.55 Å². The molecule has 1 aliphatic rings. The van der Waals surface area contributed by atoms with E-state index in [1.165, 1.54) is 10.8 Å². The Bertz CT molecular complexity index is 1370. The first-order valence-corrected chi connectivity index (χ1v) is 11.2. The van der Waals surface area contributed by atoms with Crippen molar-refractivity contribution in [3.63, 3.8) is 0 Å². The summed E-state index contributed by atoms with van der Waals surface area (Å²) in [5.74, 6) is 0. The molecule has 164 valence electrons. The van der Waals surface area contributed by atoms with Crippen LogP contribution in [0.15, 0.2) is 70.4 Å². The number of rotatable bonds is 4. The first-order valence-electron chi connectivity index (χ1n) is 10.7. The molecule has 2 N–H and O–H groups in total. The average Bonchev–Trinajstić information content (AvgIpc) is 3.14. The summed E-state index contributed by atoms with van der Waals surface area (Å²) in [6.45, 7) is 1.63. The Morgan fingerprint density at radius 1 is 1.12 bits per heavy atom. The fraction of sp³-hybridized carbons (Fsp3) is 0.280. The minimum absolute atomic E-state index is 0.182. The van der Waals surface area contributed by atoms with Gasteiger partial charge in [-0.05, 0) is 46.5 Å². The maximum absolute atomic E-state index is 12.3. The highest BCUT2D eigenvalue weighted by Crippen LogP contribution is 2.41. The van der Waals surface area contributed by atoms with Crippen LogP contribution in [0, 0.1) is 6.92 Å². The van der Waals surface area contributed by atoms with Crippen molar-refractivity contribution >= 4 is 34.2 Å². The van der Waals surface area contributed by atoms with Crippen molar-refractivity contribution in [3.8, 4) is 0 Å². The Balaban J connectivity index is 1.47. The van der Waals surface area contributed by atoms with Gasteiger partial charge in [0.1, 0.15) is 6.23 Å². The van der Waals surface area contributed by atoms with E-state index in [9.17, 15) is 14.7 Å². The van der Waals surface area contributed by atoms with E-state index >= 15 is 0 Å². The highest BCUT2D eigenvalue weighted by molar-refractivity contribution is 7.80. The van der Waals surface area contributed by atoms with Gasteiger partial charge in [0.2, 0.25) is 0 Å². The molecule has 0 bridgehead atoms. The molecule has 5 rings (SSSR count). The smallest absolute Gasteiger partial charge is 0.330 e. The number of aromatic nitrogens is 2. The van der Waals surface area contributed by atoms with Gasteiger partial charge in [0, 0.05) is 23.4 Å². The van der Waals surface area contributed by atoms with Crippen LogP contribution in [-0.2, 0) is 4.74 Å². The van der Waals surface area contributed by atoms with Gasteiger partial charge in [0.15, 0.2) is 0 Å². The molecule has 6 nitrogen and oxygen atoms in total. The van der Waals surface area contributed by atoms with Crippen LogP contribution < -0.4 is 11.2 Å². The van der Waals surface area contributed by atoms with Gasteiger partial charge in [0.25, 0.3) is 5.56 Å². The number of thiol groups is 1. The summed E-state index contributed by atoms with van der Waals surface area (Å²) < 4.78 is 7.44. The number of aliphatic hydroxyl groups excluding tert-OH is 1. The molecule has 1 aliphatic heterocycles. The fourth-order valence-electron chi connectivity index (χ4n) is 4.64. The quantitative estimate of drug-likeness (QED) is 0.327. The standard InChI is InChI=1S/C25H24N2O4S/c1-14-13-27(25(30)26-24(14)29)22-11-19(28)20(31-22)12-21(32)23-17-8-4-2-6-15(17)10-16-7-3-5-9-18(16)23/h2-10,13,19-22,28,32H,11-12H2,1H3,(H,26,29,30)/t19?,20-,21?,22-/m1/s1. The van der Waals surface area contributed by atoms with Crippen molar-refractivity contribution in [2.24, 2.45) is 0 Å². The van der Waals surface area contributed by atoms with E-state index in [1.807, 2.05) is 24.3 Å². The minimum atomic E-state index is -0.741. The van der Waals surface area contributed by atoms with Crippen LogP contribution in [0.2, 0.25) is 0 Å². The SMILES string of the molecule is Cc1cn([C@H]2CC(O)[C@@H](CC(S)c3c4ccccc4cc4ccccc34)O2)c(=O)[nH]c1=O. The zero-order chi connectivity index (χ0) is 22.4. The van der Waals surface area contributed by atoms with Gasteiger partial charge in [-0.25, -0.2) is 4.79 Å². The molecule has 0 spiro atoms. The lowest BCUT2D eigenvalue weighted by Gasteiger charge is -2.22. The van der Waals surface area contributed by atoms with Gasteiger partial charge < -0.3 is 9.84 Å². The Hall–Kier alpha value is -2.87. The van der Waals surface area contributed by atoms with E-state index in [-0.39, 0.29) is 11.7 Å². The van der Waals surface area contributed by atoms with Gasteiger partial charge >= 0.3 is 5.69 Å². The molecule has 7 heteroatoms. The number of nitrogens with one attached hydrogen (secondary N) is 1. The second-order valence-electron chi connectivity index (χ2n) is 8.39. The second kappa shape index (κ2) is 8.24. The largest absolute Gasteiger partial charge is 0.390 e. The number of aryl methyl sites for hydroxylation is 1. The third kappa shape index (κ3) is 3.66. The topological polar surface area (TPSA) is 84.3 Å². The zero-order valence-corrected chi connectivity index (χ0v) is 18.5. The molecular weight excluding hydrogens is 424 g/mol. The summed E-state index contributed by atoms with van der Waals surface area (Å²) in [5.41, 5.74) is 0.569. The van der Waals surface area contributed by atoms with Crippen molar-refractivity contribution in [2.75, 3.05) is 0 Å². The van der Waals surface area contributed by atoms with Crippen molar-refractivity contribution in [1.29, 1.82) is 0 Å². The Kier molecular flexibility index (Phi) is 5.41. The fourth-order valence-corrected chi connectivity index (χ4v) is 5.13.